The molecule has 0 spiro atoms. The lowest BCUT2D eigenvalue weighted by Gasteiger charge is -2.48. The first-order valence-corrected chi connectivity index (χ1v) is 11.4. The quantitative estimate of drug-likeness (QED) is 0.330. The van der Waals surface area contributed by atoms with Crippen LogP contribution in [-0.2, 0) is 50.6 Å². The van der Waals surface area contributed by atoms with Gasteiger partial charge in [0.05, 0.1) is 28.4 Å². The monoisotopic (exact) mass is 450 g/mol. The van der Waals surface area contributed by atoms with Crippen LogP contribution in [0.4, 0.5) is 0 Å². The van der Waals surface area contributed by atoms with Gasteiger partial charge in [-0.05, 0) is 5.56 Å². The maximum atomic E-state index is 12.8. The number of nitrogens with one attached hydrogen (secondary N) is 1. The summed E-state index contributed by atoms with van der Waals surface area (Å²) >= 11 is 0. The summed E-state index contributed by atoms with van der Waals surface area (Å²) in [5.41, 5.74) is 0.0417. The average Bonchev–Trinajstić information content (AvgIpc) is 2.69. The van der Waals surface area contributed by atoms with Gasteiger partial charge < -0.3 is 14.2 Å². The van der Waals surface area contributed by atoms with Crippen molar-refractivity contribution in [3.8, 4) is 0 Å². The molecule has 0 bridgehead atoms. The van der Waals surface area contributed by atoms with Crippen LogP contribution in [0, 0.1) is 0 Å². The van der Waals surface area contributed by atoms with Crippen molar-refractivity contribution in [1.29, 1.82) is 0 Å². The van der Waals surface area contributed by atoms with Crippen molar-refractivity contribution in [2.45, 2.75) is 17.8 Å². The Labute approximate surface area is 175 Å². The number of carbonyl (C=O) groups excluding carboxylic acids is 3. The van der Waals surface area contributed by atoms with E-state index in [9.17, 15) is 27.0 Å². The molecule has 1 aromatic rings. The van der Waals surface area contributed by atoms with Crippen LogP contribution in [0.25, 0.3) is 0 Å². The van der Waals surface area contributed by atoms with Gasteiger partial charge in [-0.2, -0.15) is 8.42 Å². The molecule has 1 fully saturated rings. The molecule has 1 saturated heterocycles. The minimum atomic E-state index is -4.17. The van der Waals surface area contributed by atoms with Gasteiger partial charge >= 0.3 is 24.1 Å². The number of rotatable bonds is 6. The van der Waals surface area contributed by atoms with Crippen molar-refractivity contribution in [2.24, 2.45) is 0 Å². The number of hydrogen-bond donors (Lipinski definition) is 1. The molecule has 2 aliphatic rings. The van der Waals surface area contributed by atoms with Gasteiger partial charge in [-0.25, -0.2) is 4.79 Å². The molecule has 0 aromatic heterocycles. The van der Waals surface area contributed by atoms with Gasteiger partial charge in [-0.15, -0.1) is 0 Å². The van der Waals surface area contributed by atoms with Crippen LogP contribution in [0.5, 0.6) is 0 Å². The summed E-state index contributed by atoms with van der Waals surface area (Å²) in [6, 6.07) is 7.50. The number of fused-ring (bicyclic) bond motifs is 1. The van der Waals surface area contributed by atoms with Crippen molar-refractivity contribution in [1.82, 2.24) is 10.2 Å². The molecule has 2 radical (unpaired) electrons. The predicted octanol–water partition coefficient (Wildman–Crippen LogP) is -1.03. The van der Waals surface area contributed by atoms with E-state index in [0.717, 1.165) is 4.90 Å². The zero-order valence-corrected chi connectivity index (χ0v) is 17.2. The molecule has 1 aromatic carbocycles. The molecule has 2 heterocycles. The fourth-order valence-electron chi connectivity index (χ4n) is 3.02. The van der Waals surface area contributed by atoms with E-state index in [1.54, 1.807) is 30.3 Å². The average molecular weight is 450 g/mol. The van der Waals surface area contributed by atoms with E-state index in [2.05, 4.69) is 16.6 Å². The number of benzene rings is 1. The molecule has 0 aliphatic carbocycles. The Bertz CT molecular complexity index is 1100. The Morgan fingerprint density at radius 3 is 2.50 bits per heavy atom. The molecule has 2 aliphatic heterocycles. The summed E-state index contributed by atoms with van der Waals surface area (Å²) in [5, 5.41) is 1.27. The second kappa shape index (κ2) is 8.07. The summed E-state index contributed by atoms with van der Waals surface area (Å²) in [7, 11) is -1.37. The van der Waals surface area contributed by atoms with Gasteiger partial charge in [0.25, 0.3) is 5.91 Å². The minimum Gasteiger partial charge on any atom is -0.539 e. The summed E-state index contributed by atoms with van der Waals surface area (Å²) in [6.07, 6.45) is 0.666. The van der Waals surface area contributed by atoms with Crippen LogP contribution in [0.3, 0.4) is 0 Å². The fourth-order valence-corrected chi connectivity index (χ4v) is 5.00. The highest BCUT2D eigenvalue weighted by atomic mass is 32.2. The third kappa shape index (κ3) is 4.03. The Hall–Kier alpha value is -2.93. The molecule has 0 unspecified atom stereocenters. The lowest BCUT2D eigenvalue weighted by molar-refractivity contribution is -0.150. The largest absolute Gasteiger partial charge is 0.539 e. The Kier molecular flexibility index (Phi) is 5.86. The molecule has 1 N–H and O–H groups in total. The van der Waals surface area contributed by atoms with Gasteiger partial charge in [-0.3, -0.25) is 18.7 Å². The third-order valence-electron chi connectivity index (χ3n) is 4.27. The van der Waals surface area contributed by atoms with E-state index in [1.165, 1.54) is 0 Å². The van der Waals surface area contributed by atoms with Gasteiger partial charge in [0.1, 0.15) is 11.4 Å². The zero-order chi connectivity index (χ0) is 22.2. The van der Waals surface area contributed by atoms with Crippen molar-refractivity contribution in [2.75, 3.05) is 6.26 Å². The molecule has 3 atom stereocenters. The van der Waals surface area contributed by atoms with E-state index < -0.39 is 61.6 Å². The Balaban J connectivity index is 1.89. The number of nitrogens with zero attached hydrogens (tertiary/aromatic N) is 1. The minimum absolute atomic E-state index is 0.0269. The van der Waals surface area contributed by atoms with Crippen LogP contribution >= 0.6 is 0 Å². The Morgan fingerprint density at radius 2 is 1.93 bits per heavy atom. The summed E-state index contributed by atoms with van der Waals surface area (Å²) in [5.74, 6) is -3.31. The topological polar surface area (TPSA) is 136 Å². The van der Waals surface area contributed by atoms with Crippen molar-refractivity contribution in [3.05, 3.63) is 58.8 Å². The highest BCUT2D eigenvalue weighted by molar-refractivity contribution is 7.90. The lowest BCUT2D eigenvalue weighted by atomic mass is 10.0. The van der Waals surface area contributed by atoms with Gasteiger partial charge in [0.2, 0.25) is 5.91 Å². The van der Waals surface area contributed by atoms with E-state index in [0.29, 0.717) is 11.8 Å². The van der Waals surface area contributed by atoms with Gasteiger partial charge in [-0.1, -0.05) is 36.9 Å². The summed E-state index contributed by atoms with van der Waals surface area (Å²) in [6.45, 7) is 3.51. The molecule has 156 valence electrons. The molecule has 3 rings (SSSR count). The van der Waals surface area contributed by atoms with Crippen LogP contribution in [0.15, 0.2) is 53.3 Å². The molecule has 0 saturated carbocycles. The van der Waals surface area contributed by atoms with Crippen LogP contribution < -0.4 is 5.32 Å². The standard InChI is InChI=1S/C17H15BN2O8S2/c1-9-14(28-30(2,25)26)13(17(23)27-18)20-15(22)12(16(20)29(9)24)19-11(21)8-10-6-4-3-5-7-10/h3-7,12,16H,1,8H2,2H3,(H,19,21)/t12-,16-,29+/m1/s1. The second-order valence-electron chi connectivity index (χ2n) is 6.40. The van der Waals surface area contributed by atoms with Crippen LogP contribution in [-0.4, -0.2) is 61.0 Å². The molecule has 30 heavy (non-hydrogen) atoms. The number of carbonyl (C=O) groups is 3. The normalized spacial score (nSPS) is 23.4. The fraction of sp³-hybridized carbons (Fsp3) is 0.235. The first-order valence-electron chi connectivity index (χ1n) is 8.36. The maximum Gasteiger partial charge on any atom is 0.378 e. The highest BCUT2D eigenvalue weighted by Gasteiger charge is 2.59. The first-order chi connectivity index (χ1) is 14.0. The predicted molar refractivity (Wildman–Crippen MR) is 105 cm³/mol. The first kappa shape index (κ1) is 21.8. The molecular weight excluding hydrogens is 435 g/mol. The van der Waals surface area contributed by atoms with Crippen molar-refractivity contribution < 1.29 is 35.8 Å². The van der Waals surface area contributed by atoms with E-state index in [1.807, 2.05) is 0 Å². The Morgan fingerprint density at radius 1 is 1.30 bits per heavy atom. The molecule has 10 nitrogen and oxygen atoms in total. The smallest absolute Gasteiger partial charge is 0.378 e. The zero-order valence-electron chi connectivity index (χ0n) is 15.6. The van der Waals surface area contributed by atoms with E-state index >= 15 is 0 Å². The van der Waals surface area contributed by atoms with Crippen molar-refractivity contribution in [3.63, 3.8) is 0 Å². The van der Waals surface area contributed by atoms with Gasteiger partial charge in [0.15, 0.2) is 11.5 Å². The SMILES string of the molecule is [B]OC(=O)C1=C(OS(C)(=O)=O)C(=C)[S@](=O)[C@@H]2[C@H](NC(=O)Cc3ccccc3)C(=O)N12. The highest BCUT2D eigenvalue weighted by Crippen LogP contribution is 2.40. The third-order valence-corrected chi connectivity index (χ3v) is 6.34. The maximum absolute atomic E-state index is 12.8. The van der Waals surface area contributed by atoms with Gasteiger partial charge in [0, 0.05) is 0 Å². The van der Waals surface area contributed by atoms with Crippen molar-refractivity contribution >= 4 is 46.8 Å². The van der Waals surface area contributed by atoms with Crippen LogP contribution in [0.1, 0.15) is 5.56 Å². The van der Waals surface area contributed by atoms with E-state index in [4.69, 9.17) is 12.2 Å². The molecular formula is C17H15BN2O8S2. The second-order valence-corrected chi connectivity index (χ2v) is 9.54. The van der Waals surface area contributed by atoms with Crippen LogP contribution in [0.2, 0.25) is 0 Å². The molecule has 13 heteroatoms. The summed E-state index contributed by atoms with van der Waals surface area (Å²) < 4.78 is 44.7. The van der Waals surface area contributed by atoms with E-state index in [-0.39, 0.29) is 11.3 Å². The number of β-lactam (4-membered cyclic amide) rings is 1. The number of hydrogen-bond acceptors (Lipinski definition) is 8. The lowest BCUT2D eigenvalue weighted by Crippen LogP contribution is -2.73. The number of amides is 2. The molecule has 2 amide bonds. The summed E-state index contributed by atoms with van der Waals surface area (Å²) in [4.78, 5) is 37.4.